The minimum absolute atomic E-state index is 0.0246. The van der Waals surface area contributed by atoms with Crippen LogP contribution in [0, 0.1) is 12.8 Å². The molecule has 1 aromatic carbocycles. The Balaban J connectivity index is 1.87. The van der Waals surface area contributed by atoms with Gasteiger partial charge in [-0.2, -0.15) is 0 Å². The number of nitrogens with zero attached hydrogens (tertiary/aromatic N) is 2. The Morgan fingerprint density at radius 2 is 1.94 bits per heavy atom. The van der Waals surface area contributed by atoms with Gasteiger partial charge in [-0.05, 0) is 50.2 Å². The van der Waals surface area contributed by atoms with Crippen LogP contribution < -0.4 is 11.1 Å². The number of hydrogen-bond acceptors (Lipinski definition) is 4. The normalized spacial score (nSPS) is 18.4. The molecule has 2 aromatic rings. The zero-order valence-electron chi connectivity index (χ0n) is 19.1. The third kappa shape index (κ3) is 4.66. The van der Waals surface area contributed by atoms with E-state index >= 15 is 0 Å². The van der Waals surface area contributed by atoms with E-state index in [1.807, 2.05) is 50.1 Å². The summed E-state index contributed by atoms with van der Waals surface area (Å²) >= 11 is 0. The molecule has 1 saturated heterocycles. The predicted octanol–water partition coefficient (Wildman–Crippen LogP) is 2.63. The van der Waals surface area contributed by atoms with E-state index in [0.717, 1.165) is 34.9 Å². The summed E-state index contributed by atoms with van der Waals surface area (Å²) in [5.74, 6) is -0.442. The number of nitrogens with one attached hydrogen (secondary N) is 1. The van der Waals surface area contributed by atoms with Crippen LogP contribution in [0.4, 0.5) is 0 Å². The first-order valence-corrected chi connectivity index (χ1v) is 11.1. The highest BCUT2D eigenvalue weighted by atomic mass is 16.2. The van der Waals surface area contributed by atoms with Gasteiger partial charge in [0.05, 0.1) is 11.6 Å². The largest absolute Gasteiger partial charge is 0.343 e. The van der Waals surface area contributed by atoms with Gasteiger partial charge in [0.1, 0.15) is 6.04 Å². The van der Waals surface area contributed by atoms with E-state index in [1.54, 1.807) is 18.4 Å². The lowest BCUT2D eigenvalue weighted by atomic mass is 9.99. The smallest absolute Gasteiger partial charge is 0.245 e. The molecule has 1 fully saturated rings. The summed E-state index contributed by atoms with van der Waals surface area (Å²) in [5, 5.41) is 3.88. The van der Waals surface area contributed by atoms with Gasteiger partial charge in [-0.1, -0.05) is 32.0 Å². The molecular formula is C24H34N4O3. The second kappa shape index (κ2) is 9.22. The fourth-order valence-electron chi connectivity index (χ4n) is 4.51. The van der Waals surface area contributed by atoms with Crippen molar-refractivity contribution in [3.63, 3.8) is 0 Å². The topological polar surface area (TPSA) is 97.4 Å². The van der Waals surface area contributed by atoms with E-state index in [0.29, 0.717) is 13.0 Å². The fraction of sp³-hybridized carbons (Fsp3) is 0.542. The average Bonchev–Trinajstić information content (AvgIpc) is 3.31. The number of amides is 2. The molecule has 1 aliphatic heterocycles. The van der Waals surface area contributed by atoms with Crippen molar-refractivity contribution in [1.29, 1.82) is 0 Å². The number of carbonyl (C=O) groups excluding carboxylic acids is 3. The summed E-state index contributed by atoms with van der Waals surface area (Å²) in [5.41, 5.74) is 8.75. The summed E-state index contributed by atoms with van der Waals surface area (Å²) in [6.45, 7) is 9.71. The Labute approximate surface area is 183 Å². The Morgan fingerprint density at radius 1 is 1.23 bits per heavy atom. The molecule has 0 bridgehead atoms. The molecule has 0 unspecified atom stereocenters. The standard InChI is InChI=1S/C24H34N4O3/c1-14(2)21(26-23(30)16(4)25)24(31)27-11-7-9-19(27)12-18-13-28(17(5)29)22-15(3)8-6-10-20(18)22/h6,8,10,13-14,16,19,21H,7,9,11-12,25H2,1-5H3,(H,26,30)/t16-,19-,21-/m0/s1. The van der Waals surface area contributed by atoms with Gasteiger partial charge in [0.25, 0.3) is 0 Å². The molecule has 3 N–H and O–H groups in total. The Kier molecular flexibility index (Phi) is 6.84. The number of nitrogens with two attached hydrogens (primary N) is 1. The van der Waals surface area contributed by atoms with Gasteiger partial charge in [-0.25, -0.2) is 0 Å². The second-order valence-electron chi connectivity index (χ2n) is 9.07. The van der Waals surface area contributed by atoms with Gasteiger partial charge in [0.2, 0.25) is 17.7 Å². The zero-order valence-corrected chi connectivity index (χ0v) is 19.1. The van der Waals surface area contributed by atoms with Crippen molar-refractivity contribution in [1.82, 2.24) is 14.8 Å². The molecule has 31 heavy (non-hydrogen) atoms. The first-order chi connectivity index (χ1) is 14.6. The van der Waals surface area contributed by atoms with Crippen LogP contribution in [-0.2, 0) is 16.0 Å². The van der Waals surface area contributed by atoms with E-state index in [4.69, 9.17) is 5.73 Å². The molecule has 1 aliphatic rings. The van der Waals surface area contributed by atoms with Crippen molar-refractivity contribution in [3.05, 3.63) is 35.5 Å². The van der Waals surface area contributed by atoms with Gasteiger partial charge >= 0.3 is 0 Å². The molecule has 3 rings (SSSR count). The van der Waals surface area contributed by atoms with Crippen LogP contribution >= 0.6 is 0 Å². The van der Waals surface area contributed by atoms with Gasteiger partial charge in [-0.3, -0.25) is 19.0 Å². The Morgan fingerprint density at radius 3 is 2.55 bits per heavy atom. The predicted molar refractivity (Wildman–Crippen MR) is 122 cm³/mol. The number of hydrogen-bond donors (Lipinski definition) is 2. The number of aryl methyl sites for hydroxylation is 1. The maximum Gasteiger partial charge on any atom is 0.245 e. The quantitative estimate of drug-likeness (QED) is 0.742. The van der Waals surface area contributed by atoms with Crippen LogP contribution in [0.1, 0.15) is 56.5 Å². The molecule has 0 radical (unpaired) electrons. The molecule has 168 valence electrons. The number of fused-ring (bicyclic) bond motifs is 1. The van der Waals surface area contributed by atoms with Crippen LogP contribution in [0.3, 0.4) is 0 Å². The van der Waals surface area contributed by atoms with Crippen molar-refractivity contribution in [2.75, 3.05) is 6.54 Å². The fourth-order valence-corrected chi connectivity index (χ4v) is 4.51. The maximum atomic E-state index is 13.4. The molecule has 1 aromatic heterocycles. The van der Waals surface area contributed by atoms with Gasteiger partial charge in [0.15, 0.2) is 0 Å². The first-order valence-electron chi connectivity index (χ1n) is 11.1. The molecule has 0 aliphatic carbocycles. The molecule has 2 heterocycles. The summed E-state index contributed by atoms with van der Waals surface area (Å²) in [6.07, 6.45) is 4.42. The van der Waals surface area contributed by atoms with Crippen LogP contribution in [0.25, 0.3) is 10.9 Å². The van der Waals surface area contributed by atoms with Crippen LogP contribution in [-0.4, -0.2) is 51.9 Å². The highest BCUT2D eigenvalue weighted by Crippen LogP contribution is 2.29. The van der Waals surface area contributed by atoms with Crippen LogP contribution in [0.2, 0.25) is 0 Å². The summed E-state index contributed by atoms with van der Waals surface area (Å²) < 4.78 is 1.71. The number of para-hydroxylation sites is 1. The highest BCUT2D eigenvalue weighted by molar-refractivity contribution is 5.95. The molecule has 7 nitrogen and oxygen atoms in total. The summed E-state index contributed by atoms with van der Waals surface area (Å²) in [4.78, 5) is 39.6. The minimum atomic E-state index is -0.663. The van der Waals surface area contributed by atoms with Crippen molar-refractivity contribution >= 4 is 28.6 Å². The maximum absolute atomic E-state index is 13.4. The summed E-state index contributed by atoms with van der Waals surface area (Å²) in [7, 11) is 0. The number of rotatable bonds is 6. The minimum Gasteiger partial charge on any atom is -0.343 e. The number of benzene rings is 1. The Bertz CT molecular complexity index is 992. The van der Waals surface area contributed by atoms with Gasteiger partial charge in [0, 0.05) is 31.1 Å². The number of likely N-dealkylation sites (tertiary alicyclic amines) is 1. The molecule has 2 amide bonds. The average molecular weight is 427 g/mol. The van der Waals surface area contributed by atoms with Gasteiger partial charge < -0.3 is 16.0 Å². The second-order valence-corrected chi connectivity index (χ2v) is 9.07. The summed E-state index contributed by atoms with van der Waals surface area (Å²) in [6, 6.07) is 4.82. The number of carbonyl (C=O) groups is 3. The highest BCUT2D eigenvalue weighted by Gasteiger charge is 2.36. The Hall–Kier alpha value is -2.67. The first kappa shape index (κ1) is 23.0. The third-order valence-electron chi connectivity index (χ3n) is 6.21. The van der Waals surface area contributed by atoms with Gasteiger partial charge in [-0.15, -0.1) is 0 Å². The molecule has 7 heteroatoms. The number of aromatic nitrogens is 1. The van der Waals surface area contributed by atoms with Crippen LogP contribution in [0.5, 0.6) is 0 Å². The van der Waals surface area contributed by atoms with Crippen molar-refractivity contribution < 1.29 is 14.4 Å². The van der Waals surface area contributed by atoms with E-state index in [9.17, 15) is 14.4 Å². The van der Waals surface area contributed by atoms with Crippen LogP contribution in [0.15, 0.2) is 24.4 Å². The SMILES string of the molecule is CC(=O)n1cc(C[C@@H]2CCCN2C(=O)[C@@H](NC(=O)[C@H](C)N)C(C)C)c2cccc(C)c21. The zero-order chi connectivity index (χ0) is 22.9. The van der Waals surface area contributed by atoms with E-state index in [-0.39, 0.29) is 29.7 Å². The molecule has 0 spiro atoms. The van der Waals surface area contributed by atoms with Crippen molar-refractivity contribution in [2.24, 2.45) is 11.7 Å². The lowest BCUT2D eigenvalue weighted by molar-refractivity contribution is -0.138. The van der Waals surface area contributed by atoms with E-state index in [2.05, 4.69) is 5.32 Å². The lowest BCUT2D eigenvalue weighted by Gasteiger charge is -2.31. The molecule has 3 atom stereocenters. The third-order valence-corrected chi connectivity index (χ3v) is 6.21. The monoisotopic (exact) mass is 426 g/mol. The lowest BCUT2D eigenvalue weighted by Crippen LogP contribution is -2.55. The molecular weight excluding hydrogens is 392 g/mol. The molecule has 0 saturated carbocycles. The van der Waals surface area contributed by atoms with Crippen molar-refractivity contribution in [2.45, 2.75) is 72.0 Å². The van der Waals surface area contributed by atoms with E-state index in [1.165, 1.54) is 0 Å². The van der Waals surface area contributed by atoms with Crippen molar-refractivity contribution in [3.8, 4) is 0 Å². The van der Waals surface area contributed by atoms with E-state index < -0.39 is 12.1 Å².